The van der Waals surface area contributed by atoms with Gasteiger partial charge < -0.3 is 10.6 Å². The van der Waals surface area contributed by atoms with E-state index in [-0.39, 0.29) is 11.8 Å². The largest absolute Gasteiger partial charge is 0.338 e. The van der Waals surface area contributed by atoms with E-state index in [0.717, 1.165) is 44.1 Å². The van der Waals surface area contributed by atoms with Crippen molar-refractivity contribution in [2.45, 2.75) is 70.8 Å². The maximum atomic E-state index is 12.0. The molecule has 2 rings (SSSR count). The number of aromatic nitrogens is 1. The summed E-state index contributed by atoms with van der Waals surface area (Å²) >= 11 is 0. The van der Waals surface area contributed by atoms with Gasteiger partial charge in [-0.15, -0.1) is 0 Å². The maximum Gasteiger partial charge on any atom is 0.315 e. The molecule has 0 radical (unpaired) electrons. The predicted molar refractivity (Wildman–Crippen MR) is 117 cm³/mol. The summed E-state index contributed by atoms with van der Waals surface area (Å²) < 4.78 is 23.9. The van der Waals surface area contributed by atoms with Gasteiger partial charge in [0.1, 0.15) is 0 Å². The van der Waals surface area contributed by atoms with Crippen molar-refractivity contribution >= 4 is 16.1 Å². The predicted octanol–water partition coefficient (Wildman–Crippen LogP) is 3.26. The van der Waals surface area contributed by atoms with Gasteiger partial charge in [0.05, 0.1) is 12.4 Å². The highest BCUT2D eigenvalue weighted by Crippen LogP contribution is 2.23. The number of pyridine rings is 1. The third kappa shape index (κ3) is 11.5. The number of hydrogen-bond acceptors (Lipinski definition) is 5. The molecule has 2 amide bonds. The summed E-state index contributed by atoms with van der Waals surface area (Å²) in [6, 6.07) is 3.55. The molecule has 0 atom stereocenters. The number of rotatable bonds is 14. The van der Waals surface area contributed by atoms with Crippen LogP contribution >= 0.6 is 0 Å². The lowest BCUT2D eigenvalue weighted by atomic mass is 9.90. The topological polar surface area (TPSA) is 109 Å². The van der Waals surface area contributed by atoms with Crippen molar-refractivity contribution in [3.63, 3.8) is 0 Å². The molecule has 0 aromatic carbocycles. The smallest absolute Gasteiger partial charge is 0.315 e. The number of sulfonamides is 1. The van der Waals surface area contributed by atoms with E-state index in [0.29, 0.717) is 32.0 Å². The standard InChI is InChI=1S/C21H36N4O4S/c26-21(24-17-20-12-9-13-22-16-20)23-14-7-2-1-3-8-15-30(27,28)25-29-18-19-10-5-4-6-11-19/h9,12-13,16,19,25H,1-8,10-11,14-15,17-18H2,(H2,23,24,26). The third-order valence-electron chi connectivity index (χ3n) is 5.28. The summed E-state index contributed by atoms with van der Waals surface area (Å²) in [7, 11) is -3.36. The van der Waals surface area contributed by atoms with Gasteiger partial charge in [-0.05, 0) is 43.2 Å². The molecule has 0 bridgehead atoms. The first-order valence-electron chi connectivity index (χ1n) is 11.1. The van der Waals surface area contributed by atoms with Gasteiger partial charge in [-0.1, -0.05) is 49.5 Å². The Kier molecular flexibility index (Phi) is 11.7. The molecule has 0 unspecified atom stereocenters. The summed E-state index contributed by atoms with van der Waals surface area (Å²) in [5.74, 6) is 0.569. The minimum absolute atomic E-state index is 0.0899. The van der Waals surface area contributed by atoms with E-state index in [1.165, 1.54) is 19.3 Å². The van der Waals surface area contributed by atoms with Crippen LogP contribution in [0.15, 0.2) is 24.5 Å². The summed E-state index contributed by atoms with van der Waals surface area (Å²) in [6.45, 7) is 1.53. The Bertz CT molecular complexity index is 694. The lowest BCUT2D eigenvalue weighted by Crippen LogP contribution is -2.35. The van der Waals surface area contributed by atoms with Gasteiger partial charge in [0.2, 0.25) is 10.0 Å². The number of hydrogen-bond donors (Lipinski definition) is 3. The van der Waals surface area contributed by atoms with Gasteiger partial charge in [-0.25, -0.2) is 13.2 Å². The van der Waals surface area contributed by atoms with Gasteiger partial charge >= 0.3 is 6.03 Å². The van der Waals surface area contributed by atoms with Crippen LogP contribution in [0.1, 0.15) is 69.8 Å². The van der Waals surface area contributed by atoms with Crippen LogP contribution in [-0.2, 0) is 21.4 Å². The Morgan fingerprint density at radius 1 is 1.07 bits per heavy atom. The number of urea groups is 1. The van der Waals surface area contributed by atoms with Crippen LogP contribution in [0.4, 0.5) is 4.79 Å². The molecule has 1 aromatic rings. The second-order valence-corrected chi connectivity index (χ2v) is 9.76. The van der Waals surface area contributed by atoms with Crippen LogP contribution in [0.5, 0.6) is 0 Å². The number of carbonyl (C=O) groups excluding carboxylic acids is 1. The summed E-state index contributed by atoms with van der Waals surface area (Å²) in [6.07, 6.45) is 13.6. The number of nitrogens with one attached hydrogen (secondary N) is 3. The highest BCUT2D eigenvalue weighted by Gasteiger charge is 2.15. The zero-order chi connectivity index (χ0) is 21.5. The molecule has 1 aromatic heterocycles. The first-order chi connectivity index (χ1) is 14.6. The molecule has 30 heavy (non-hydrogen) atoms. The number of amides is 2. The Morgan fingerprint density at radius 2 is 1.83 bits per heavy atom. The maximum absolute atomic E-state index is 12.0. The number of carbonyl (C=O) groups is 1. The highest BCUT2D eigenvalue weighted by molar-refractivity contribution is 7.89. The third-order valence-corrected chi connectivity index (χ3v) is 6.48. The molecule has 0 saturated heterocycles. The Balaban J connectivity index is 1.40. The molecule has 9 heteroatoms. The van der Waals surface area contributed by atoms with Crippen molar-refractivity contribution in [2.24, 2.45) is 5.92 Å². The molecule has 170 valence electrons. The first kappa shape index (κ1) is 24.6. The van der Waals surface area contributed by atoms with Crippen molar-refractivity contribution in [1.82, 2.24) is 20.5 Å². The fraction of sp³-hybridized carbons (Fsp3) is 0.714. The van der Waals surface area contributed by atoms with Crippen molar-refractivity contribution in [3.05, 3.63) is 30.1 Å². The molecule has 8 nitrogen and oxygen atoms in total. The van der Waals surface area contributed by atoms with Gasteiger partial charge in [-0.3, -0.25) is 9.82 Å². The average molecular weight is 441 g/mol. The molecule has 1 fully saturated rings. The molecule has 1 aliphatic carbocycles. The zero-order valence-electron chi connectivity index (χ0n) is 17.8. The fourth-order valence-corrected chi connectivity index (χ4v) is 4.45. The highest BCUT2D eigenvalue weighted by atomic mass is 32.2. The van der Waals surface area contributed by atoms with Crippen LogP contribution in [0, 0.1) is 5.92 Å². The molecular weight excluding hydrogens is 404 g/mol. The van der Waals surface area contributed by atoms with Crippen molar-refractivity contribution in [3.8, 4) is 0 Å². The van der Waals surface area contributed by atoms with Gasteiger partial charge in [0.25, 0.3) is 0 Å². The van der Waals surface area contributed by atoms with E-state index in [1.807, 2.05) is 12.1 Å². The normalized spacial score (nSPS) is 15.1. The lowest BCUT2D eigenvalue weighted by Gasteiger charge is -2.20. The molecular formula is C21H36N4O4S. The van der Waals surface area contributed by atoms with Crippen molar-refractivity contribution in [2.75, 3.05) is 18.9 Å². The average Bonchev–Trinajstić information content (AvgIpc) is 2.75. The van der Waals surface area contributed by atoms with E-state index in [4.69, 9.17) is 4.84 Å². The molecule has 1 heterocycles. The van der Waals surface area contributed by atoms with E-state index in [2.05, 4.69) is 20.5 Å². The number of unbranched alkanes of at least 4 members (excludes halogenated alkanes) is 4. The summed E-state index contributed by atoms with van der Waals surface area (Å²) in [5.41, 5.74) is 0.955. The fourth-order valence-electron chi connectivity index (χ4n) is 3.53. The van der Waals surface area contributed by atoms with E-state index in [9.17, 15) is 13.2 Å². The lowest BCUT2D eigenvalue weighted by molar-refractivity contribution is 0.0519. The van der Waals surface area contributed by atoms with Gasteiger partial charge in [-0.2, -0.15) is 0 Å². The number of nitrogens with zero attached hydrogens (tertiary/aromatic N) is 1. The van der Waals surface area contributed by atoms with Crippen molar-refractivity contribution in [1.29, 1.82) is 0 Å². The quantitative estimate of drug-likeness (QED) is 0.304. The Hall–Kier alpha value is -1.71. The van der Waals surface area contributed by atoms with Crippen LogP contribution in [0.2, 0.25) is 0 Å². The monoisotopic (exact) mass is 440 g/mol. The molecule has 1 aliphatic rings. The van der Waals surface area contributed by atoms with Crippen LogP contribution in [0.25, 0.3) is 0 Å². The minimum Gasteiger partial charge on any atom is -0.338 e. The van der Waals surface area contributed by atoms with Crippen LogP contribution in [0.3, 0.4) is 0 Å². The zero-order valence-corrected chi connectivity index (χ0v) is 18.6. The molecule has 0 spiro atoms. The first-order valence-corrected chi connectivity index (χ1v) is 12.7. The summed E-state index contributed by atoms with van der Waals surface area (Å²) in [5, 5.41) is 5.61. The second-order valence-electron chi connectivity index (χ2n) is 7.96. The summed E-state index contributed by atoms with van der Waals surface area (Å²) in [4.78, 5) is 23.2. The molecule has 1 saturated carbocycles. The Labute approximate surface area is 180 Å². The SMILES string of the molecule is O=C(NCCCCCCCS(=O)(=O)NOCC1CCCCC1)NCc1cccnc1. The second kappa shape index (κ2) is 14.3. The van der Waals surface area contributed by atoms with Crippen LogP contribution < -0.4 is 15.5 Å². The van der Waals surface area contributed by atoms with Gasteiger partial charge in [0.15, 0.2) is 0 Å². The molecule has 0 aliphatic heterocycles. The van der Waals surface area contributed by atoms with E-state index in [1.54, 1.807) is 12.4 Å². The van der Waals surface area contributed by atoms with Crippen LogP contribution in [-0.4, -0.2) is 38.3 Å². The van der Waals surface area contributed by atoms with E-state index >= 15 is 0 Å². The molecule has 3 N–H and O–H groups in total. The minimum atomic E-state index is -3.36. The van der Waals surface area contributed by atoms with Gasteiger partial charge in [0, 0.05) is 25.5 Å². The van der Waals surface area contributed by atoms with Crippen molar-refractivity contribution < 1.29 is 18.0 Å². The Morgan fingerprint density at radius 3 is 2.60 bits per heavy atom. The van der Waals surface area contributed by atoms with E-state index < -0.39 is 10.0 Å².